The zero-order valence-corrected chi connectivity index (χ0v) is 19.8. The standard InChI is InChI=1S/C20H34N4O4.HI/c1-3-21-19(23-15-20(2,25)18-5-4-9-28-18)22-13-17(16-6-10-27-14-16)24-7-11-26-12-8-24;/h4-5,9,16-17,25H,3,6-8,10-15H2,1-2H3,(H2,21,22,23);1H. The van der Waals surface area contributed by atoms with Crippen LogP contribution in [0.25, 0.3) is 0 Å². The molecule has 0 saturated carbocycles. The van der Waals surface area contributed by atoms with Crippen LogP contribution >= 0.6 is 24.0 Å². The summed E-state index contributed by atoms with van der Waals surface area (Å²) in [6.45, 7) is 10.6. The van der Waals surface area contributed by atoms with E-state index in [4.69, 9.17) is 13.9 Å². The Morgan fingerprint density at radius 1 is 1.31 bits per heavy atom. The van der Waals surface area contributed by atoms with Crippen molar-refractivity contribution in [3.05, 3.63) is 24.2 Å². The highest BCUT2D eigenvalue weighted by Crippen LogP contribution is 2.22. The fourth-order valence-corrected chi connectivity index (χ4v) is 3.80. The van der Waals surface area contributed by atoms with E-state index in [1.54, 1.807) is 25.3 Å². The molecular formula is C20H35IN4O4. The van der Waals surface area contributed by atoms with Crippen LogP contribution in [0.15, 0.2) is 27.8 Å². The number of aliphatic hydroxyl groups is 1. The molecule has 3 rings (SSSR count). The molecule has 0 aliphatic carbocycles. The van der Waals surface area contributed by atoms with E-state index in [1.807, 2.05) is 6.92 Å². The smallest absolute Gasteiger partial charge is 0.191 e. The van der Waals surface area contributed by atoms with Crippen LogP contribution in [-0.4, -0.2) is 81.2 Å². The minimum Gasteiger partial charge on any atom is -0.466 e. The van der Waals surface area contributed by atoms with Crippen molar-refractivity contribution in [2.75, 3.05) is 59.2 Å². The molecule has 29 heavy (non-hydrogen) atoms. The summed E-state index contributed by atoms with van der Waals surface area (Å²) < 4.78 is 16.5. The fraction of sp³-hybridized carbons (Fsp3) is 0.750. The largest absolute Gasteiger partial charge is 0.466 e. The summed E-state index contributed by atoms with van der Waals surface area (Å²) in [7, 11) is 0. The van der Waals surface area contributed by atoms with Crippen molar-refractivity contribution in [3.63, 3.8) is 0 Å². The highest BCUT2D eigenvalue weighted by Gasteiger charge is 2.32. The maximum atomic E-state index is 10.7. The van der Waals surface area contributed by atoms with E-state index >= 15 is 0 Å². The first-order chi connectivity index (χ1) is 13.6. The molecule has 1 aromatic heterocycles. The van der Waals surface area contributed by atoms with Gasteiger partial charge in [0.05, 0.1) is 32.6 Å². The maximum Gasteiger partial charge on any atom is 0.191 e. The lowest BCUT2D eigenvalue weighted by atomic mass is 9.97. The molecule has 0 spiro atoms. The summed E-state index contributed by atoms with van der Waals surface area (Å²) in [5, 5.41) is 17.4. The molecule has 2 saturated heterocycles. The van der Waals surface area contributed by atoms with Crippen molar-refractivity contribution in [2.45, 2.75) is 31.9 Å². The second-order valence-corrected chi connectivity index (χ2v) is 7.67. The monoisotopic (exact) mass is 522 g/mol. The lowest BCUT2D eigenvalue weighted by Gasteiger charge is -2.37. The van der Waals surface area contributed by atoms with Gasteiger partial charge in [-0.25, -0.2) is 4.99 Å². The van der Waals surface area contributed by atoms with Gasteiger partial charge in [-0.1, -0.05) is 0 Å². The average Bonchev–Trinajstić information content (AvgIpc) is 3.41. The van der Waals surface area contributed by atoms with Crippen molar-refractivity contribution in [1.29, 1.82) is 0 Å². The van der Waals surface area contributed by atoms with E-state index in [2.05, 4.69) is 20.5 Å². The molecule has 0 radical (unpaired) electrons. The van der Waals surface area contributed by atoms with Gasteiger partial charge < -0.3 is 29.6 Å². The molecular weight excluding hydrogens is 487 g/mol. The van der Waals surface area contributed by atoms with Crippen LogP contribution in [0, 0.1) is 5.92 Å². The van der Waals surface area contributed by atoms with Crippen LogP contribution in [0.3, 0.4) is 0 Å². The molecule has 0 bridgehead atoms. The third-order valence-corrected chi connectivity index (χ3v) is 5.44. The van der Waals surface area contributed by atoms with E-state index in [1.165, 1.54) is 0 Å². The molecule has 2 aliphatic rings. The molecule has 3 atom stereocenters. The van der Waals surface area contributed by atoms with Crippen molar-refractivity contribution in [3.8, 4) is 0 Å². The SMILES string of the molecule is CCNC(=NCC(C)(O)c1ccco1)NCC(C1CCOC1)N1CCOCC1.I. The van der Waals surface area contributed by atoms with Crippen LogP contribution in [-0.2, 0) is 15.1 Å². The maximum absolute atomic E-state index is 10.7. The highest BCUT2D eigenvalue weighted by molar-refractivity contribution is 14.0. The minimum absolute atomic E-state index is 0. The van der Waals surface area contributed by atoms with Gasteiger partial charge in [0.25, 0.3) is 0 Å². The Labute approximate surface area is 190 Å². The van der Waals surface area contributed by atoms with Crippen LogP contribution in [0.5, 0.6) is 0 Å². The minimum atomic E-state index is -1.14. The third kappa shape index (κ3) is 7.09. The van der Waals surface area contributed by atoms with E-state index in [0.717, 1.165) is 59.0 Å². The lowest BCUT2D eigenvalue weighted by molar-refractivity contribution is 0.00244. The number of furan rings is 1. The van der Waals surface area contributed by atoms with Crippen molar-refractivity contribution in [2.24, 2.45) is 10.9 Å². The topological polar surface area (TPSA) is 91.5 Å². The fourth-order valence-electron chi connectivity index (χ4n) is 3.80. The number of hydrogen-bond acceptors (Lipinski definition) is 6. The molecule has 2 aliphatic heterocycles. The van der Waals surface area contributed by atoms with Gasteiger partial charge in [0, 0.05) is 44.7 Å². The first kappa shape index (κ1) is 24.4. The van der Waals surface area contributed by atoms with E-state index in [0.29, 0.717) is 23.7 Å². The van der Waals surface area contributed by atoms with E-state index < -0.39 is 5.60 Å². The van der Waals surface area contributed by atoms with Gasteiger partial charge in [0.15, 0.2) is 5.96 Å². The number of nitrogens with one attached hydrogen (secondary N) is 2. The second-order valence-electron chi connectivity index (χ2n) is 7.67. The summed E-state index contributed by atoms with van der Waals surface area (Å²) in [5.41, 5.74) is -1.14. The Morgan fingerprint density at radius 2 is 2.10 bits per heavy atom. The summed E-state index contributed by atoms with van der Waals surface area (Å²) in [6, 6.07) is 3.92. The van der Waals surface area contributed by atoms with E-state index in [9.17, 15) is 5.11 Å². The Morgan fingerprint density at radius 3 is 2.72 bits per heavy atom. The molecule has 3 N–H and O–H groups in total. The zero-order chi connectivity index (χ0) is 19.8. The van der Waals surface area contributed by atoms with Crippen LogP contribution < -0.4 is 10.6 Å². The molecule has 3 heterocycles. The van der Waals surface area contributed by atoms with Gasteiger partial charge >= 0.3 is 0 Å². The normalized spacial score (nSPS) is 23.8. The van der Waals surface area contributed by atoms with Crippen molar-refractivity contribution < 1.29 is 19.0 Å². The molecule has 9 heteroatoms. The zero-order valence-electron chi connectivity index (χ0n) is 17.4. The average molecular weight is 522 g/mol. The van der Waals surface area contributed by atoms with Gasteiger partial charge in [-0.3, -0.25) is 4.90 Å². The first-order valence-electron chi connectivity index (χ1n) is 10.3. The number of rotatable bonds is 8. The Bertz CT molecular complexity index is 600. The van der Waals surface area contributed by atoms with Crippen LogP contribution in [0.2, 0.25) is 0 Å². The Hall–Kier alpha value is -0.880. The summed E-state index contributed by atoms with van der Waals surface area (Å²) in [5.74, 6) is 1.73. The Balaban J connectivity index is 0.00000300. The predicted molar refractivity (Wildman–Crippen MR) is 123 cm³/mol. The van der Waals surface area contributed by atoms with Gasteiger partial charge in [-0.15, -0.1) is 24.0 Å². The van der Waals surface area contributed by atoms with Gasteiger partial charge in [-0.2, -0.15) is 0 Å². The molecule has 0 amide bonds. The lowest BCUT2D eigenvalue weighted by Crippen LogP contribution is -2.53. The predicted octanol–water partition coefficient (Wildman–Crippen LogP) is 1.40. The number of halogens is 1. The quantitative estimate of drug-likeness (QED) is 0.270. The Kier molecular flexibility index (Phi) is 10.2. The number of nitrogens with zero attached hydrogens (tertiary/aromatic N) is 2. The third-order valence-electron chi connectivity index (χ3n) is 5.44. The number of ether oxygens (including phenoxy) is 2. The molecule has 1 aromatic rings. The number of guanidine groups is 1. The molecule has 0 aromatic carbocycles. The molecule has 166 valence electrons. The number of hydrogen-bond donors (Lipinski definition) is 3. The van der Waals surface area contributed by atoms with Crippen LogP contribution in [0.4, 0.5) is 0 Å². The van der Waals surface area contributed by atoms with Crippen molar-refractivity contribution >= 4 is 29.9 Å². The summed E-state index contributed by atoms with van der Waals surface area (Å²) >= 11 is 0. The number of aliphatic imine (C=N–C) groups is 1. The van der Waals surface area contributed by atoms with Gasteiger partial charge in [0.1, 0.15) is 11.4 Å². The molecule has 2 fully saturated rings. The van der Waals surface area contributed by atoms with Crippen molar-refractivity contribution in [1.82, 2.24) is 15.5 Å². The number of morpholine rings is 1. The molecule has 3 unspecified atom stereocenters. The van der Waals surface area contributed by atoms with E-state index in [-0.39, 0.29) is 30.5 Å². The first-order valence-corrected chi connectivity index (χ1v) is 10.3. The van der Waals surface area contributed by atoms with Gasteiger partial charge in [0.2, 0.25) is 0 Å². The second kappa shape index (κ2) is 12.1. The summed E-state index contributed by atoms with van der Waals surface area (Å²) in [4.78, 5) is 7.09. The van der Waals surface area contributed by atoms with Crippen LogP contribution in [0.1, 0.15) is 26.0 Å². The van der Waals surface area contributed by atoms with Gasteiger partial charge in [-0.05, 0) is 32.4 Å². The summed E-state index contributed by atoms with van der Waals surface area (Å²) in [6.07, 6.45) is 2.65. The highest BCUT2D eigenvalue weighted by atomic mass is 127. The molecule has 8 nitrogen and oxygen atoms in total.